The number of hydrogen-bond acceptors (Lipinski definition) is 6. The van der Waals surface area contributed by atoms with Crippen molar-refractivity contribution in [1.29, 1.82) is 5.26 Å². The Hall–Kier alpha value is -2.29. The van der Waals surface area contributed by atoms with Crippen LogP contribution < -0.4 is 0 Å². The lowest BCUT2D eigenvalue weighted by Gasteiger charge is -2.26. The highest BCUT2D eigenvalue weighted by molar-refractivity contribution is 7.89. The van der Waals surface area contributed by atoms with Gasteiger partial charge in [-0.15, -0.1) is 0 Å². The summed E-state index contributed by atoms with van der Waals surface area (Å²) in [6.45, 7) is 0.906. The zero-order valence-electron chi connectivity index (χ0n) is 15.6. The Kier molecular flexibility index (Phi) is 6.66. The van der Waals surface area contributed by atoms with E-state index in [9.17, 15) is 16.8 Å². The van der Waals surface area contributed by atoms with Crippen molar-refractivity contribution in [2.75, 3.05) is 32.8 Å². The van der Waals surface area contributed by atoms with E-state index >= 15 is 0 Å². The molecule has 0 aromatic heterocycles. The Bertz CT molecular complexity index is 1070. The minimum Gasteiger partial charge on any atom is -0.379 e. The fraction of sp³-hybridized carbons (Fsp3) is 0.316. The molecule has 1 aliphatic rings. The van der Waals surface area contributed by atoms with Crippen molar-refractivity contribution in [2.24, 2.45) is 0 Å². The van der Waals surface area contributed by atoms with Crippen molar-refractivity contribution in [3.63, 3.8) is 0 Å². The summed E-state index contributed by atoms with van der Waals surface area (Å²) in [5.41, 5.74) is 0.748. The Morgan fingerprint density at radius 2 is 1.52 bits per heavy atom. The molecule has 10 heteroatoms. The minimum atomic E-state index is -3.97. The Morgan fingerprint density at radius 1 is 0.931 bits per heavy atom. The van der Waals surface area contributed by atoms with Gasteiger partial charge in [0.15, 0.2) is 0 Å². The number of nitrogens with zero attached hydrogens (tertiary/aromatic N) is 3. The van der Waals surface area contributed by atoms with Crippen LogP contribution in [0.25, 0.3) is 0 Å². The lowest BCUT2D eigenvalue weighted by atomic mass is 10.2. The van der Waals surface area contributed by atoms with Gasteiger partial charge in [-0.2, -0.15) is 13.9 Å². The summed E-state index contributed by atoms with van der Waals surface area (Å²) in [7, 11) is -7.68. The molecule has 0 spiro atoms. The predicted molar refractivity (Wildman–Crippen MR) is 106 cm³/mol. The number of rotatable bonds is 7. The third-order valence-electron chi connectivity index (χ3n) is 4.52. The first-order valence-electron chi connectivity index (χ1n) is 8.95. The van der Waals surface area contributed by atoms with Crippen LogP contribution in [0.15, 0.2) is 64.4 Å². The van der Waals surface area contributed by atoms with Gasteiger partial charge in [-0.05, 0) is 29.8 Å². The highest BCUT2D eigenvalue weighted by atomic mass is 32.2. The highest BCUT2D eigenvalue weighted by Crippen LogP contribution is 2.22. The van der Waals surface area contributed by atoms with E-state index in [-0.39, 0.29) is 36.0 Å². The molecule has 8 nitrogen and oxygen atoms in total. The van der Waals surface area contributed by atoms with Crippen molar-refractivity contribution in [1.82, 2.24) is 8.61 Å². The normalized spacial score (nSPS) is 15.9. The molecule has 1 aliphatic heterocycles. The van der Waals surface area contributed by atoms with Crippen LogP contribution >= 0.6 is 0 Å². The van der Waals surface area contributed by atoms with E-state index in [1.807, 2.05) is 12.1 Å². The third kappa shape index (κ3) is 4.83. The maximum absolute atomic E-state index is 13.0. The van der Waals surface area contributed by atoms with Gasteiger partial charge in [0.05, 0.1) is 29.1 Å². The topological polar surface area (TPSA) is 108 Å². The molecule has 1 saturated heterocycles. The molecule has 0 radical (unpaired) electrons. The van der Waals surface area contributed by atoms with Crippen molar-refractivity contribution in [3.05, 3.63) is 60.2 Å². The lowest BCUT2D eigenvalue weighted by Crippen LogP contribution is -2.40. The van der Waals surface area contributed by atoms with Crippen LogP contribution in [0.4, 0.5) is 0 Å². The molecule has 1 fully saturated rings. The fourth-order valence-electron chi connectivity index (χ4n) is 2.96. The van der Waals surface area contributed by atoms with Gasteiger partial charge in [0.2, 0.25) is 20.0 Å². The monoisotopic (exact) mass is 435 g/mol. The Morgan fingerprint density at radius 3 is 2.10 bits per heavy atom. The van der Waals surface area contributed by atoms with Crippen LogP contribution in [0.2, 0.25) is 0 Å². The zero-order chi connectivity index (χ0) is 20.9. The molecule has 29 heavy (non-hydrogen) atoms. The molecular weight excluding hydrogens is 414 g/mol. The van der Waals surface area contributed by atoms with Crippen molar-refractivity contribution in [3.8, 4) is 6.07 Å². The summed E-state index contributed by atoms with van der Waals surface area (Å²) in [6.07, 6.45) is 0. The summed E-state index contributed by atoms with van der Waals surface area (Å²) in [6, 6.07) is 15.9. The van der Waals surface area contributed by atoms with E-state index in [1.54, 1.807) is 24.3 Å². The van der Waals surface area contributed by atoms with Crippen LogP contribution in [0, 0.1) is 11.3 Å². The molecule has 2 aromatic carbocycles. The number of ether oxygens (including phenoxy) is 1. The number of hydrogen-bond donors (Lipinski definition) is 0. The molecule has 0 bridgehead atoms. The quantitative estimate of drug-likeness (QED) is 0.609. The van der Waals surface area contributed by atoms with Gasteiger partial charge in [0.25, 0.3) is 0 Å². The zero-order valence-corrected chi connectivity index (χ0v) is 17.3. The Balaban J connectivity index is 1.85. The number of morpholine rings is 1. The third-order valence-corrected chi connectivity index (χ3v) is 8.24. The van der Waals surface area contributed by atoms with Crippen LogP contribution in [0.5, 0.6) is 0 Å². The van der Waals surface area contributed by atoms with Crippen molar-refractivity contribution >= 4 is 20.0 Å². The SMILES string of the molecule is N#CCN(Cc1ccccc1)S(=O)(=O)c1ccc(S(=O)(=O)N2CCOCC2)cc1. The summed E-state index contributed by atoms with van der Waals surface area (Å²) in [4.78, 5) is -0.0437. The van der Waals surface area contributed by atoms with Crippen LogP contribution in [-0.4, -0.2) is 58.3 Å². The number of benzene rings is 2. The fourth-order valence-corrected chi connectivity index (χ4v) is 5.69. The summed E-state index contributed by atoms with van der Waals surface area (Å²) < 4.78 is 58.9. The van der Waals surface area contributed by atoms with Crippen molar-refractivity contribution in [2.45, 2.75) is 16.3 Å². The van der Waals surface area contributed by atoms with Gasteiger partial charge < -0.3 is 4.74 Å². The number of sulfonamides is 2. The van der Waals surface area contributed by atoms with Crippen molar-refractivity contribution < 1.29 is 21.6 Å². The smallest absolute Gasteiger partial charge is 0.244 e. The molecule has 0 amide bonds. The van der Waals surface area contributed by atoms with Gasteiger partial charge in [0.1, 0.15) is 6.54 Å². The minimum absolute atomic E-state index is 0.0215. The predicted octanol–water partition coefficient (Wildman–Crippen LogP) is 1.42. The molecule has 0 unspecified atom stereocenters. The molecule has 1 heterocycles. The number of nitriles is 1. The standard InChI is InChI=1S/C19H21N3O5S2/c20-10-11-22(16-17-4-2-1-3-5-17)29(25,26)19-8-6-18(7-9-19)28(23,24)21-12-14-27-15-13-21/h1-9H,11-16H2. The molecule has 0 saturated carbocycles. The summed E-state index contributed by atoms with van der Waals surface area (Å²) >= 11 is 0. The maximum Gasteiger partial charge on any atom is 0.244 e. The largest absolute Gasteiger partial charge is 0.379 e. The first kappa shape index (κ1) is 21.4. The molecule has 154 valence electrons. The van der Waals surface area contributed by atoms with E-state index in [4.69, 9.17) is 10.00 Å². The molecule has 0 N–H and O–H groups in total. The van der Waals surface area contributed by atoms with Gasteiger partial charge in [0, 0.05) is 19.6 Å². The Labute approximate surface area is 171 Å². The molecule has 0 aliphatic carbocycles. The average Bonchev–Trinajstić information content (AvgIpc) is 2.75. The molecule has 2 aromatic rings. The van der Waals surface area contributed by atoms with Crippen LogP contribution in [0.1, 0.15) is 5.56 Å². The van der Waals surface area contributed by atoms with E-state index in [2.05, 4.69) is 0 Å². The van der Waals surface area contributed by atoms with Crippen LogP contribution in [0.3, 0.4) is 0 Å². The second kappa shape index (κ2) is 9.02. The molecular formula is C19H21N3O5S2. The van der Waals surface area contributed by atoms with Gasteiger partial charge in [-0.1, -0.05) is 30.3 Å². The molecule has 0 atom stereocenters. The summed E-state index contributed by atoms with van der Waals surface area (Å²) in [5.74, 6) is 0. The van der Waals surface area contributed by atoms with E-state index in [0.717, 1.165) is 9.87 Å². The maximum atomic E-state index is 13.0. The highest BCUT2D eigenvalue weighted by Gasteiger charge is 2.28. The second-order valence-electron chi connectivity index (χ2n) is 6.40. The van der Waals surface area contributed by atoms with E-state index in [0.29, 0.717) is 13.2 Å². The second-order valence-corrected chi connectivity index (χ2v) is 10.3. The lowest BCUT2D eigenvalue weighted by molar-refractivity contribution is 0.0730. The first-order chi connectivity index (χ1) is 13.9. The van der Waals surface area contributed by atoms with Crippen LogP contribution in [-0.2, 0) is 31.3 Å². The van der Waals surface area contributed by atoms with E-state index in [1.165, 1.54) is 28.6 Å². The van der Waals surface area contributed by atoms with Gasteiger partial charge in [-0.3, -0.25) is 0 Å². The van der Waals surface area contributed by atoms with E-state index < -0.39 is 20.0 Å². The van der Waals surface area contributed by atoms with Gasteiger partial charge >= 0.3 is 0 Å². The van der Waals surface area contributed by atoms with Gasteiger partial charge in [-0.25, -0.2) is 16.8 Å². The summed E-state index contributed by atoms with van der Waals surface area (Å²) in [5, 5.41) is 9.07. The first-order valence-corrected chi connectivity index (χ1v) is 11.8. The average molecular weight is 436 g/mol. The molecule has 3 rings (SSSR count).